The van der Waals surface area contributed by atoms with Gasteiger partial charge in [0.25, 0.3) is 0 Å². The van der Waals surface area contributed by atoms with E-state index in [4.69, 9.17) is 19.8 Å². The lowest BCUT2D eigenvalue weighted by Gasteiger charge is -2.17. The molecule has 0 amide bonds. The van der Waals surface area contributed by atoms with Gasteiger partial charge in [-0.1, -0.05) is 12.1 Å². The molecule has 2 unspecified atom stereocenters. The summed E-state index contributed by atoms with van der Waals surface area (Å²) in [5.74, 6) is -5.46. The molecule has 222 valence electrons. The second-order valence-electron chi connectivity index (χ2n) is 9.02. The number of aliphatic carboxylic acids is 2. The maximum Gasteiger partial charge on any atom is 0.490 e. The molecule has 8 nitrogen and oxygen atoms in total. The Morgan fingerprint density at radius 3 is 2.10 bits per heavy atom. The van der Waals surface area contributed by atoms with Crippen LogP contribution < -0.4 is 0 Å². The number of pyridine rings is 1. The highest BCUT2D eigenvalue weighted by Crippen LogP contribution is 2.46. The van der Waals surface area contributed by atoms with E-state index in [1.165, 1.54) is 0 Å². The maximum atomic E-state index is 13.1. The van der Waals surface area contributed by atoms with Crippen LogP contribution in [0.25, 0.3) is 11.1 Å². The summed E-state index contributed by atoms with van der Waals surface area (Å²) in [7, 11) is -3.26. The predicted octanol–water partition coefficient (Wildman–Crippen LogP) is 5.14. The lowest BCUT2D eigenvalue weighted by atomic mass is 9.95. The van der Waals surface area contributed by atoms with Crippen molar-refractivity contribution >= 4 is 33.1 Å². The molecule has 4 heterocycles. The number of carboxylic acids is 2. The number of aromatic nitrogens is 1. The Morgan fingerprint density at radius 1 is 0.976 bits per heavy atom. The molecule has 1 saturated heterocycles. The van der Waals surface area contributed by atoms with Crippen LogP contribution in [0.5, 0.6) is 0 Å². The highest BCUT2D eigenvalue weighted by atomic mass is 32.2. The van der Waals surface area contributed by atoms with E-state index in [-0.39, 0.29) is 11.2 Å². The summed E-state index contributed by atoms with van der Waals surface area (Å²) < 4.78 is 89.6. The zero-order valence-corrected chi connectivity index (χ0v) is 22.6. The Balaban J connectivity index is 0.000000276. The standard InChI is InChI=1S/C21H20N2O2S2.2C2HF3O2/c1-14-3-2-4-17(22-14)10-23-11-19-18-9-15(16-7-8-26-13-16)5-6-20(18)27(24,25)21(19)12-23;2*3-2(4,5)1(6)7/h2-9,13,19,21H,10-12H2,1H3;2*(H,6,7). The molecule has 16 heteroatoms. The molecular weight excluding hydrogens is 602 g/mol. The van der Waals surface area contributed by atoms with Crippen LogP contribution in [0.4, 0.5) is 26.3 Å². The fourth-order valence-electron chi connectivity index (χ4n) is 4.38. The Hall–Kier alpha value is -3.50. The van der Waals surface area contributed by atoms with Gasteiger partial charge in [-0.15, -0.1) is 0 Å². The third-order valence-electron chi connectivity index (χ3n) is 6.13. The molecule has 0 spiro atoms. The van der Waals surface area contributed by atoms with Gasteiger partial charge in [0.05, 0.1) is 15.8 Å². The van der Waals surface area contributed by atoms with Gasteiger partial charge in [-0.25, -0.2) is 18.0 Å². The lowest BCUT2D eigenvalue weighted by molar-refractivity contribution is -0.193. The first kappa shape index (κ1) is 32.0. The smallest absolute Gasteiger partial charge is 0.475 e. The summed E-state index contributed by atoms with van der Waals surface area (Å²) in [5, 5.41) is 18.1. The molecule has 0 aliphatic carbocycles. The lowest BCUT2D eigenvalue weighted by Crippen LogP contribution is -2.26. The Labute approximate surface area is 233 Å². The fourth-order valence-corrected chi connectivity index (χ4v) is 7.24. The molecule has 2 aromatic heterocycles. The second-order valence-corrected chi connectivity index (χ2v) is 11.9. The molecular formula is C25H22F6N2O6S2. The number of rotatable bonds is 3. The summed E-state index contributed by atoms with van der Waals surface area (Å²) in [5.41, 5.74) is 5.24. The monoisotopic (exact) mass is 624 g/mol. The summed E-state index contributed by atoms with van der Waals surface area (Å²) in [6.07, 6.45) is -10.2. The molecule has 0 radical (unpaired) electrons. The predicted molar refractivity (Wildman–Crippen MR) is 135 cm³/mol. The third kappa shape index (κ3) is 7.83. The first-order chi connectivity index (χ1) is 18.9. The van der Waals surface area contributed by atoms with Crippen LogP contribution in [-0.4, -0.2) is 71.1 Å². The zero-order chi connectivity index (χ0) is 30.8. The highest BCUT2D eigenvalue weighted by Gasteiger charge is 2.50. The minimum Gasteiger partial charge on any atom is -0.475 e. The first-order valence-corrected chi connectivity index (χ1v) is 14.1. The molecule has 2 aliphatic heterocycles. The number of halogens is 6. The van der Waals surface area contributed by atoms with E-state index >= 15 is 0 Å². The number of benzene rings is 1. The number of alkyl halides is 6. The van der Waals surface area contributed by atoms with Crippen molar-refractivity contribution < 1.29 is 54.6 Å². The Bertz CT molecular complexity index is 1480. The van der Waals surface area contributed by atoms with Crippen molar-refractivity contribution in [3.63, 3.8) is 0 Å². The molecule has 1 fully saturated rings. The highest BCUT2D eigenvalue weighted by molar-refractivity contribution is 7.92. The number of fused-ring (bicyclic) bond motifs is 3. The summed E-state index contributed by atoms with van der Waals surface area (Å²) >= 11 is 1.66. The summed E-state index contributed by atoms with van der Waals surface area (Å²) in [6.45, 7) is 4.02. The third-order valence-corrected chi connectivity index (χ3v) is 9.07. The van der Waals surface area contributed by atoms with Gasteiger partial charge in [0.1, 0.15) is 0 Å². The van der Waals surface area contributed by atoms with Gasteiger partial charge in [0.15, 0.2) is 9.84 Å². The Kier molecular flexibility index (Phi) is 9.50. The van der Waals surface area contributed by atoms with Gasteiger partial charge in [0.2, 0.25) is 0 Å². The van der Waals surface area contributed by atoms with Crippen LogP contribution >= 0.6 is 11.3 Å². The average Bonchev–Trinajstić information content (AvgIpc) is 3.57. The van der Waals surface area contributed by atoms with Gasteiger partial charge in [-0.2, -0.15) is 37.7 Å². The number of aryl methyl sites for hydroxylation is 1. The average molecular weight is 625 g/mol. The van der Waals surface area contributed by atoms with Crippen molar-refractivity contribution in [3.8, 4) is 11.1 Å². The Morgan fingerprint density at radius 2 is 1.59 bits per heavy atom. The number of carbonyl (C=O) groups is 2. The number of carboxylic acid groups (broad SMARTS) is 2. The van der Waals surface area contributed by atoms with Gasteiger partial charge in [-0.3, -0.25) is 9.88 Å². The topological polar surface area (TPSA) is 125 Å². The van der Waals surface area contributed by atoms with E-state index in [2.05, 4.69) is 27.4 Å². The number of sulfone groups is 1. The van der Waals surface area contributed by atoms with Gasteiger partial charge in [-0.05, 0) is 64.7 Å². The van der Waals surface area contributed by atoms with Crippen molar-refractivity contribution in [1.82, 2.24) is 9.88 Å². The van der Waals surface area contributed by atoms with Crippen molar-refractivity contribution in [2.75, 3.05) is 13.1 Å². The molecule has 5 rings (SSSR count). The van der Waals surface area contributed by atoms with Crippen LogP contribution in [0.1, 0.15) is 22.9 Å². The number of hydrogen-bond donors (Lipinski definition) is 2. The fraction of sp³-hybridized carbons (Fsp3) is 0.320. The number of thiophene rings is 1. The van der Waals surface area contributed by atoms with Crippen LogP contribution in [0.3, 0.4) is 0 Å². The van der Waals surface area contributed by atoms with Crippen LogP contribution in [0.2, 0.25) is 0 Å². The van der Waals surface area contributed by atoms with E-state index in [0.717, 1.165) is 34.6 Å². The van der Waals surface area contributed by atoms with E-state index < -0.39 is 34.1 Å². The van der Waals surface area contributed by atoms with Crippen LogP contribution in [-0.2, 0) is 26.0 Å². The number of hydrogen-bond acceptors (Lipinski definition) is 7. The SMILES string of the molecule is Cc1cccc(CN2CC3c4cc(-c5ccsc5)ccc4S(=O)(=O)C3C2)n1.O=C(O)C(F)(F)F.O=C(O)C(F)(F)F. The van der Waals surface area contributed by atoms with E-state index in [1.54, 1.807) is 11.3 Å². The normalized spacial score (nSPS) is 19.2. The van der Waals surface area contributed by atoms with Crippen LogP contribution in [0, 0.1) is 6.92 Å². The minimum absolute atomic E-state index is 0.0494. The first-order valence-electron chi connectivity index (χ1n) is 11.6. The second kappa shape index (κ2) is 12.2. The van der Waals surface area contributed by atoms with Crippen molar-refractivity contribution in [1.29, 1.82) is 0 Å². The maximum absolute atomic E-state index is 13.1. The van der Waals surface area contributed by atoms with Crippen molar-refractivity contribution in [3.05, 3.63) is 70.2 Å². The van der Waals surface area contributed by atoms with Gasteiger partial charge >= 0.3 is 24.3 Å². The summed E-state index contributed by atoms with van der Waals surface area (Å²) in [6, 6.07) is 13.9. The molecule has 41 heavy (non-hydrogen) atoms. The van der Waals surface area contributed by atoms with E-state index in [0.29, 0.717) is 18.0 Å². The summed E-state index contributed by atoms with van der Waals surface area (Å²) in [4.78, 5) is 25.1. The van der Waals surface area contributed by atoms with E-state index in [9.17, 15) is 34.8 Å². The van der Waals surface area contributed by atoms with Crippen molar-refractivity contribution in [2.45, 2.75) is 41.9 Å². The quantitative estimate of drug-likeness (QED) is 0.384. The molecule has 3 aromatic rings. The molecule has 2 aliphatic rings. The molecule has 0 bridgehead atoms. The molecule has 1 aromatic carbocycles. The van der Waals surface area contributed by atoms with Gasteiger partial charge in [0, 0.05) is 31.2 Å². The van der Waals surface area contributed by atoms with E-state index in [1.807, 2.05) is 42.6 Å². The largest absolute Gasteiger partial charge is 0.490 e. The van der Waals surface area contributed by atoms with Crippen LogP contribution in [0.15, 0.2) is 58.1 Å². The minimum atomic E-state index is -5.08. The zero-order valence-electron chi connectivity index (χ0n) is 21.0. The number of likely N-dealkylation sites (tertiary alicyclic amines) is 1. The number of nitrogens with zero attached hydrogens (tertiary/aromatic N) is 2. The van der Waals surface area contributed by atoms with Crippen molar-refractivity contribution in [2.24, 2.45) is 0 Å². The molecule has 2 N–H and O–H groups in total. The molecule has 2 atom stereocenters. The van der Waals surface area contributed by atoms with Gasteiger partial charge < -0.3 is 10.2 Å². The molecule has 0 saturated carbocycles.